The van der Waals surface area contributed by atoms with Crippen molar-refractivity contribution in [3.8, 4) is 11.5 Å². The molecule has 0 spiro atoms. The first-order chi connectivity index (χ1) is 14.4. The van der Waals surface area contributed by atoms with Crippen molar-refractivity contribution >= 4 is 28.7 Å². The van der Waals surface area contributed by atoms with E-state index in [-0.39, 0.29) is 29.2 Å². The molecule has 4 rings (SSSR count). The smallest absolute Gasteiger partial charge is 0.308 e. The Bertz CT molecular complexity index is 1130. The number of carbonyl (C=O) groups is 1. The molecule has 3 aromatic rings. The Labute approximate surface area is 179 Å². The number of benzene rings is 2. The van der Waals surface area contributed by atoms with Crippen LogP contribution >= 0.6 is 11.3 Å². The van der Waals surface area contributed by atoms with Gasteiger partial charge in [0.2, 0.25) is 5.91 Å². The van der Waals surface area contributed by atoms with E-state index in [4.69, 9.17) is 9.47 Å². The van der Waals surface area contributed by atoms with Crippen LogP contribution in [0.2, 0.25) is 0 Å². The summed E-state index contributed by atoms with van der Waals surface area (Å²) in [6.07, 6.45) is 0.258. The highest BCUT2D eigenvalue weighted by atomic mass is 32.1. The minimum Gasteiger partial charge on any atom is -0.493 e. The summed E-state index contributed by atoms with van der Waals surface area (Å²) in [6, 6.07) is 15.2. The van der Waals surface area contributed by atoms with Crippen molar-refractivity contribution < 1.29 is 14.3 Å². The van der Waals surface area contributed by atoms with Crippen molar-refractivity contribution in [2.24, 2.45) is 7.05 Å². The summed E-state index contributed by atoms with van der Waals surface area (Å²) in [4.78, 5) is 28.3. The van der Waals surface area contributed by atoms with Crippen LogP contribution in [0, 0.1) is 0 Å². The lowest BCUT2D eigenvalue weighted by atomic mass is 9.90. The molecule has 2 heterocycles. The molecule has 1 aromatic heterocycles. The average Bonchev–Trinajstić information content (AvgIpc) is 3.02. The maximum atomic E-state index is 13.2. The predicted molar refractivity (Wildman–Crippen MR) is 118 cm³/mol. The standard InChI is InChI=1S/C23H24N2O4S/c1-14(2)29-19-12-15(10-11-18(19)28-4)17-13-20(26)25(16-8-6-5-7-9-16)22-21(17)30-23(27)24(22)3/h5-12,14,17H,13H2,1-4H3/t17-/m1/s1. The molecular formula is C23H24N2O4S. The number of fused-ring (bicyclic) bond motifs is 1. The van der Waals surface area contributed by atoms with E-state index in [1.54, 1.807) is 23.6 Å². The molecular weight excluding hydrogens is 400 g/mol. The number of thiazole rings is 1. The third kappa shape index (κ3) is 3.50. The zero-order chi connectivity index (χ0) is 21.4. The van der Waals surface area contributed by atoms with E-state index in [0.717, 1.165) is 16.1 Å². The Morgan fingerprint density at radius 3 is 2.47 bits per heavy atom. The van der Waals surface area contributed by atoms with Crippen molar-refractivity contribution in [1.29, 1.82) is 0 Å². The number of methoxy groups -OCH3 is 1. The van der Waals surface area contributed by atoms with Crippen LogP contribution in [0.3, 0.4) is 0 Å². The summed E-state index contributed by atoms with van der Waals surface area (Å²) >= 11 is 1.19. The van der Waals surface area contributed by atoms with Gasteiger partial charge in [-0.2, -0.15) is 0 Å². The molecule has 6 nitrogen and oxygen atoms in total. The molecule has 0 saturated heterocycles. The van der Waals surface area contributed by atoms with Gasteiger partial charge in [0.25, 0.3) is 0 Å². The molecule has 1 aliphatic heterocycles. The number of nitrogens with zero attached hydrogens (tertiary/aromatic N) is 2. The van der Waals surface area contributed by atoms with Gasteiger partial charge < -0.3 is 9.47 Å². The van der Waals surface area contributed by atoms with Crippen LogP contribution < -0.4 is 19.2 Å². The number of hydrogen-bond acceptors (Lipinski definition) is 5. The first-order valence-corrected chi connectivity index (χ1v) is 10.6. The number of ether oxygens (including phenoxy) is 2. The molecule has 1 aliphatic rings. The molecule has 0 aliphatic carbocycles. The summed E-state index contributed by atoms with van der Waals surface area (Å²) < 4.78 is 12.9. The molecule has 0 N–H and O–H groups in total. The van der Waals surface area contributed by atoms with Crippen LogP contribution in [-0.4, -0.2) is 23.7 Å². The molecule has 156 valence electrons. The Hall–Kier alpha value is -3.06. The van der Waals surface area contributed by atoms with Gasteiger partial charge >= 0.3 is 4.87 Å². The number of aromatic nitrogens is 1. The fourth-order valence-corrected chi connectivity index (χ4v) is 4.89. The number of hydrogen-bond donors (Lipinski definition) is 0. The van der Waals surface area contributed by atoms with Gasteiger partial charge in [-0.25, -0.2) is 0 Å². The topological polar surface area (TPSA) is 60.8 Å². The molecule has 30 heavy (non-hydrogen) atoms. The van der Waals surface area contributed by atoms with Crippen LogP contribution in [0.25, 0.3) is 0 Å². The van der Waals surface area contributed by atoms with Crippen LogP contribution in [-0.2, 0) is 11.8 Å². The third-order valence-corrected chi connectivity index (χ3v) is 6.27. The van der Waals surface area contributed by atoms with Crippen LogP contribution in [0.15, 0.2) is 53.3 Å². The summed E-state index contributed by atoms with van der Waals surface area (Å²) in [5.41, 5.74) is 1.68. The maximum absolute atomic E-state index is 13.2. The summed E-state index contributed by atoms with van der Waals surface area (Å²) in [5.74, 6) is 1.65. The SMILES string of the molecule is COc1ccc([C@H]2CC(=O)N(c3ccccc3)c3c2sc(=O)n3C)cc1OC(C)C. The van der Waals surface area contributed by atoms with Crippen molar-refractivity contribution in [3.63, 3.8) is 0 Å². The molecule has 0 fully saturated rings. The molecule has 7 heteroatoms. The monoisotopic (exact) mass is 424 g/mol. The van der Waals surface area contributed by atoms with E-state index in [1.165, 1.54) is 11.3 Å². The molecule has 0 bridgehead atoms. The van der Waals surface area contributed by atoms with Gasteiger partial charge in [0, 0.05) is 19.4 Å². The van der Waals surface area contributed by atoms with E-state index in [2.05, 4.69) is 0 Å². The van der Waals surface area contributed by atoms with E-state index in [0.29, 0.717) is 17.3 Å². The Kier molecular flexibility index (Phi) is 5.39. The second-order valence-corrected chi connectivity index (χ2v) is 8.51. The minimum atomic E-state index is -0.216. The van der Waals surface area contributed by atoms with Gasteiger partial charge in [-0.05, 0) is 43.7 Å². The highest BCUT2D eigenvalue weighted by molar-refractivity contribution is 7.10. The van der Waals surface area contributed by atoms with E-state index in [9.17, 15) is 9.59 Å². The zero-order valence-corrected chi connectivity index (χ0v) is 18.2. The zero-order valence-electron chi connectivity index (χ0n) is 17.4. The number of rotatable bonds is 5. The van der Waals surface area contributed by atoms with Crippen molar-refractivity contribution in [3.05, 3.63) is 68.6 Å². The number of amides is 1. The van der Waals surface area contributed by atoms with Crippen LogP contribution in [0.5, 0.6) is 11.5 Å². The van der Waals surface area contributed by atoms with Crippen molar-refractivity contribution in [1.82, 2.24) is 4.57 Å². The van der Waals surface area contributed by atoms with Gasteiger partial charge in [0.05, 0.1) is 23.8 Å². The molecule has 1 atom stereocenters. The second-order valence-electron chi connectivity index (χ2n) is 7.51. The van der Waals surface area contributed by atoms with Crippen molar-refractivity contribution in [2.75, 3.05) is 12.0 Å². The Morgan fingerprint density at radius 1 is 1.07 bits per heavy atom. The van der Waals surface area contributed by atoms with Gasteiger partial charge in [0.1, 0.15) is 5.82 Å². The van der Waals surface area contributed by atoms with Crippen LogP contribution in [0.1, 0.15) is 36.6 Å². The lowest BCUT2D eigenvalue weighted by Crippen LogP contribution is -2.34. The van der Waals surface area contributed by atoms with Gasteiger partial charge in [-0.15, -0.1) is 0 Å². The number of anilines is 2. The Morgan fingerprint density at radius 2 is 1.80 bits per heavy atom. The van der Waals surface area contributed by atoms with Gasteiger partial charge in [-0.1, -0.05) is 35.6 Å². The van der Waals surface area contributed by atoms with Gasteiger partial charge in [0.15, 0.2) is 11.5 Å². The van der Waals surface area contributed by atoms with E-state index < -0.39 is 0 Å². The van der Waals surface area contributed by atoms with Gasteiger partial charge in [-0.3, -0.25) is 19.1 Å². The van der Waals surface area contributed by atoms with Crippen LogP contribution in [0.4, 0.5) is 11.5 Å². The molecule has 2 aromatic carbocycles. The maximum Gasteiger partial charge on any atom is 0.308 e. The fraction of sp³-hybridized carbons (Fsp3) is 0.304. The largest absolute Gasteiger partial charge is 0.493 e. The van der Waals surface area contributed by atoms with E-state index in [1.807, 2.05) is 62.4 Å². The highest BCUT2D eigenvalue weighted by Gasteiger charge is 2.37. The number of para-hydroxylation sites is 1. The summed E-state index contributed by atoms with van der Waals surface area (Å²) in [7, 11) is 3.32. The lowest BCUT2D eigenvalue weighted by Gasteiger charge is -2.32. The quantitative estimate of drug-likeness (QED) is 0.607. The average molecular weight is 425 g/mol. The molecule has 0 radical (unpaired) electrons. The third-order valence-electron chi connectivity index (χ3n) is 5.13. The fourth-order valence-electron chi connectivity index (χ4n) is 3.79. The first kappa shape index (κ1) is 20.2. The van der Waals surface area contributed by atoms with E-state index >= 15 is 0 Å². The highest BCUT2D eigenvalue weighted by Crippen LogP contribution is 2.45. The minimum absolute atomic E-state index is 0.0148. The number of carbonyl (C=O) groups excluding carboxylic acids is 1. The predicted octanol–water partition coefficient (Wildman–Crippen LogP) is 4.44. The summed E-state index contributed by atoms with van der Waals surface area (Å²) in [5, 5.41) is 0. The second kappa shape index (κ2) is 7.99. The first-order valence-electron chi connectivity index (χ1n) is 9.83. The molecule has 1 amide bonds. The normalized spacial score (nSPS) is 16.0. The molecule has 0 saturated carbocycles. The molecule has 0 unspecified atom stereocenters. The summed E-state index contributed by atoms with van der Waals surface area (Å²) in [6.45, 7) is 3.91. The Balaban J connectivity index is 1.84. The lowest BCUT2D eigenvalue weighted by molar-refractivity contribution is -0.118. The van der Waals surface area contributed by atoms with Crippen molar-refractivity contribution in [2.45, 2.75) is 32.3 Å².